The molecule has 2 aromatic carbocycles. The van der Waals surface area contributed by atoms with Crippen molar-refractivity contribution in [3.63, 3.8) is 0 Å². The maximum Gasteiger partial charge on any atom is 0.275 e. The summed E-state index contributed by atoms with van der Waals surface area (Å²) in [5, 5.41) is 3.29. The number of halogens is 2. The zero-order chi connectivity index (χ0) is 18.0. The van der Waals surface area contributed by atoms with Gasteiger partial charge >= 0.3 is 0 Å². The van der Waals surface area contributed by atoms with Crippen LogP contribution in [-0.2, 0) is 4.79 Å². The number of ether oxygens (including phenoxy) is 2. The van der Waals surface area contributed by atoms with Gasteiger partial charge in [-0.15, -0.1) is 0 Å². The van der Waals surface area contributed by atoms with Crippen LogP contribution in [-0.4, -0.2) is 26.0 Å². The van der Waals surface area contributed by atoms with Gasteiger partial charge < -0.3 is 14.8 Å². The number of methoxy groups -OCH3 is 2. The molecule has 0 radical (unpaired) electrons. The molecule has 128 valence electrons. The Bertz CT molecular complexity index is 909. The lowest BCUT2D eigenvalue weighted by atomic mass is 10.1. The number of benzene rings is 2. The first kappa shape index (κ1) is 17.8. The van der Waals surface area contributed by atoms with Crippen molar-refractivity contribution in [3.8, 4) is 11.5 Å². The number of rotatable bonds is 4. The molecule has 0 aliphatic carbocycles. The molecule has 1 N–H and O–H groups in total. The highest BCUT2D eigenvalue weighted by Crippen LogP contribution is 2.29. The Morgan fingerprint density at radius 2 is 1.88 bits per heavy atom. The SMILES string of the molecule is COc1ccc(/C=C2/N=C(c3cc(I)ccc3Cl)NC2=O)cc1OC. The predicted octanol–water partition coefficient (Wildman–Crippen LogP) is 3.88. The summed E-state index contributed by atoms with van der Waals surface area (Å²) in [5.41, 5.74) is 1.77. The molecule has 0 saturated heterocycles. The van der Waals surface area contributed by atoms with Gasteiger partial charge in [0, 0.05) is 9.13 Å². The Balaban J connectivity index is 1.97. The molecule has 0 atom stereocenters. The van der Waals surface area contributed by atoms with Crippen molar-refractivity contribution >= 4 is 52.0 Å². The van der Waals surface area contributed by atoms with Gasteiger partial charge in [0.15, 0.2) is 11.5 Å². The Hall–Kier alpha value is -2.06. The summed E-state index contributed by atoms with van der Waals surface area (Å²) in [6, 6.07) is 10.9. The molecule has 0 fully saturated rings. The maximum atomic E-state index is 12.2. The zero-order valence-corrected chi connectivity index (χ0v) is 16.4. The molecular weight excluding hydrogens is 455 g/mol. The highest BCUT2D eigenvalue weighted by atomic mass is 127. The number of nitrogens with zero attached hydrogens (tertiary/aromatic N) is 1. The maximum absolute atomic E-state index is 12.2. The molecular formula is C18H14ClIN2O3. The van der Waals surface area contributed by atoms with Crippen LogP contribution in [0.5, 0.6) is 11.5 Å². The normalized spacial score (nSPS) is 15.1. The highest BCUT2D eigenvalue weighted by Gasteiger charge is 2.23. The van der Waals surface area contributed by atoms with Gasteiger partial charge in [0.05, 0.1) is 19.2 Å². The van der Waals surface area contributed by atoms with E-state index in [2.05, 4.69) is 32.9 Å². The Morgan fingerprint density at radius 1 is 1.12 bits per heavy atom. The van der Waals surface area contributed by atoms with E-state index in [0.29, 0.717) is 33.6 Å². The van der Waals surface area contributed by atoms with E-state index in [1.807, 2.05) is 18.2 Å². The average molecular weight is 469 g/mol. The first-order valence-corrected chi connectivity index (χ1v) is 8.76. The van der Waals surface area contributed by atoms with E-state index in [1.54, 1.807) is 38.5 Å². The van der Waals surface area contributed by atoms with E-state index in [9.17, 15) is 4.79 Å². The Morgan fingerprint density at radius 3 is 2.60 bits per heavy atom. The van der Waals surface area contributed by atoms with Crippen LogP contribution < -0.4 is 14.8 Å². The second kappa shape index (κ2) is 7.45. The molecule has 0 spiro atoms. The standard InChI is InChI=1S/C18H14ClIN2O3/c1-24-15-6-3-10(8-16(15)25-2)7-14-18(23)22-17(21-14)12-9-11(20)4-5-13(12)19/h3-9H,1-2H3,(H,21,22,23)/b14-7+. The third-order valence-electron chi connectivity index (χ3n) is 3.59. The average Bonchev–Trinajstić information content (AvgIpc) is 2.97. The largest absolute Gasteiger partial charge is 0.493 e. The first-order chi connectivity index (χ1) is 12.0. The van der Waals surface area contributed by atoms with E-state index >= 15 is 0 Å². The van der Waals surface area contributed by atoms with Gasteiger partial charge in [0.2, 0.25) is 0 Å². The molecule has 3 rings (SSSR count). The minimum absolute atomic E-state index is 0.278. The van der Waals surface area contributed by atoms with Crippen LogP contribution in [0.15, 0.2) is 47.1 Å². The van der Waals surface area contributed by atoms with Crippen molar-refractivity contribution < 1.29 is 14.3 Å². The smallest absolute Gasteiger partial charge is 0.275 e. The molecule has 5 nitrogen and oxygen atoms in total. The van der Waals surface area contributed by atoms with Crippen molar-refractivity contribution in [1.82, 2.24) is 5.32 Å². The topological polar surface area (TPSA) is 59.9 Å². The number of aliphatic imine (C=N–C) groups is 1. The van der Waals surface area contributed by atoms with Gasteiger partial charge in [0.1, 0.15) is 11.5 Å². The molecule has 25 heavy (non-hydrogen) atoms. The summed E-state index contributed by atoms with van der Waals surface area (Å²) in [6.07, 6.45) is 1.69. The van der Waals surface area contributed by atoms with Crippen LogP contribution in [0.4, 0.5) is 0 Å². The lowest BCUT2D eigenvalue weighted by Gasteiger charge is -2.07. The summed E-state index contributed by atoms with van der Waals surface area (Å²) in [5.74, 6) is 1.37. The second-order valence-electron chi connectivity index (χ2n) is 5.18. The van der Waals surface area contributed by atoms with E-state index in [-0.39, 0.29) is 5.91 Å². The molecule has 7 heteroatoms. The van der Waals surface area contributed by atoms with Gasteiger partial charge in [0.25, 0.3) is 5.91 Å². The van der Waals surface area contributed by atoms with Crippen LogP contribution >= 0.6 is 34.2 Å². The van der Waals surface area contributed by atoms with E-state index in [0.717, 1.165) is 9.13 Å². The molecule has 2 aromatic rings. The minimum atomic E-state index is -0.278. The van der Waals surface area contributed by atoms with Crippen molar-refractivity contribution in [1.29, 1.82) is 0 Å². The van der Waals surface area contributed by atoms with Gasteiger partial charge in [-0.3, -0.25) is 4.79 Å². The molecule has 1 amide bonds. The fourth-order valence-corrected chi connectivity index (χ4v) is 3.07. The summed E-state index contributed by atoms with van der Waals surface area (Å²) in [4.78, 5) is 16.6. The number of amidine groups is 1. The number of hydrogen-bond donors (Lipinski definition) is 1. The van der Waals surface area contributed by atoms with Gasteiger partial charge in [-0.05, 0) is 64.6 Å². The van der Waals surface area contributed by atoms with Crippen molar-refractivity contribution in [2.45, 2.75) is 0 Å². The number of hydrogen-bond acceptors (Lipinski definition) is 4. The third kappa shape index (κ3) is 3.80. The van der Waals surface area contributed by atoms with Crippen molar-refractivity contribution in [2.75, 3.05) is 14.2 Å². The monoisotopic (exact) mass is 468 g/mol. The van der Waals surface area contributed by atoms with Crippen LogP contribution in [0.1, 0.15) is 11.1 Å². The molecule has 0 saturated carbocycles. The zero-order valence-electron chi connectivity index (χ0n) is 13.5. The number of nitrogens with one attached hydrogen (secondary N) is 1. The van der Waals surface area contributed by atoms with Gasteiger partial charge in [-0.25, -0.2) is 4.99 Å². The van der Waals surface area contributed by atoms with E-state index < -0.39 is 0 Å². The van der Waals surface area contributed by atoms with Crippen molar-refractivity contribution in [2.24, 2.45) is 4.99 Å². The predicted molar refractivity (Wildman–Crippen MR) is 106 cm³/mol. The molecule has 0 bridgehead atoms. The first-order valence-electron chi connectivity index (χ1n) is 7.31. The fraction of sp³-hybridized carbons (Fsp3) is 0.111. The third-order valence-corrected chi connectivity index (χ3v) is 4.59. The summed E-state index contributed by atoms with van der Waals surface area (Å²) in [7, 11) is 3.13. The van der Waals surface area contributed by atoms with Crippen LogP contribution in [0.25, 0.3) is 6.08 Å². The summed E-state index contributed by atoms with van der Waals surface area (Å²) in [6.45, 7) is 0. The number of carbonyl (C=O) groups excluding carboxylic acids is 1. The van der Waals surface area contributed by atoms with Crippen LogP contribution in [0.2, 0.25) is 5.02 Å². The molecule has 0 aromatic heterocycles. The Labute approximate surface area is 163 Å². The summed E-state index contributed by atoms with van der Waals surface area (Å²) >= 11 is 8.40. The number of carbonyl (C=O) groups is 1. The molecule has 1 heterocycles. The van der Waals surface area contributed by atoms with Gasteiger partial charge in [-0.2, -0.15) is 0 Å². The number of amides is 1. The van der Waals surface area contributed by atoms with Crippen LogP contribution in [0.3, 0.4) is 0 Å². The Kier molecular flexibility index (Phi) is 5.29. The molecule has 0 unspecified atom stereocenters. The van der Waals surface area contributed by atoms with Gasteiger partial charge in [-0.1, -0.05) is 17.7 Å². The fourth-order valence-electron chi connectivity index (χ4n) is 2.38. The van der Waals surface area contributed by atoms with E-state index in [1.165, 1.54) is 0 Å². The molecule has 1 aliphatic rings. The minimum Gasteiger partial charge on any atom is -0.493 e. The molecule has 1 aliphatic heterocycles. The van der Waals surface area contributed by atoms with Crippen LogP contribution in [0, 0.1) is 3.57 Å². The lowest BCUT2D eigenvalue weighted by molar-refractivity contribution is -0.115. The van der Waals surface area contributed by atoms with Crippen molar-refractivity contribution in [3.05, 3.63) is 61.8 Å². The second-order valence-corrected chi connectivity index (χ2v) is 6.84. The quantitative estimate of drug-likeness (QED) is 0.547. The van der Waals surface area contributed by atoms with E-state index in [4.69, 9.17) is 21.1 Å². The highest BCUT2D eigenvalue weighted by molar-refractivity contribution is 14.1. The summed E-state index contributed by atoms with van der Waals surface area (Å²) < 4.78 is 11.5. The lowest BCUT2D eigenvalue weighted by Crippen LogP contribution is -2.25.